The lowest BCUT2D eigenvalue weighted by molar-refractivity contribution is -0.384. The fourth-order valence-corrected chi connectivity index (χ4v) is 2.07. The van der Waals surface area contributed by atoms with Crippen molar-refractivity contribution < 1.29 is 13.7 Å². The van der Waals surface area contributed by atoms with E-state index in [0.29, 0.717) is 5.56 Å². The van der Waals surface area contributed by atoms with Crippen LogP contribution in [-0.2, 0) is 0 Å². The van der Waals surface area contributed by atoms with Gasteiger partial charge in [0.15, 0.2) is 0 Å². The minimum atomic E-state index is -0.690. The van der Waals surface area contributed by atoms with E-state index in [1.807, 2.05) is 0 Å². The normalized spacial score (nSPS) is 12.0. The van der Waals surface area contributed by atoms with Crippen molar-refractivity contribution in [2.75, 3.05) is 5.32 Å². The molecule has 1 unspecified atom stereocenters. The lowest BCUT2D eigenvalue weighted by atomic mass is 10.1. The summed E-state index contributed by atoms with van der Waals surface area (Å²) in [6.07, 6.45) is 0. The number of nitrogens with one attached hydrogen (secondary N) is 1. The van der Waals surface area contributed by atoms with Gasteiger partial charge in [-0.05, 0) is 36.8 Å². The van der Waals surface area contributed by atoms with E-state index in [4.69, 9.17) is 11.6 Å². The van der Waals surface area contributed by atoms with Crippen molar-refractivity contribution in [3.63, 3.8) is 0 Å². The number of benzene rings is 2. The molecular formula is C14H11ClF2N2O2. The number of nitro benzene ring substituents is 1. The van der Waals surface area contributed by atoms with Crippen molar-refractivity contribution in [1.29, 1.82) is 0 Å². The number of halogens is 3. The van der Waals surface area contributed by atoms with Gasteiger partial charge in [-0.2, -0.15) is 0 Å². The molecule has 2 rings (SSSR count). The number of hydrogen-bond donors (Lipinski definition) is 1. The lowest BCUT2D eigenvalue weighted by Crippen LogP contribution is -2.08. The summed E-state index contributed by atoms with van der Waals surface area (Å²) in [6, 6.07) is 7.06. The van der Waals surface area contributed by atoms with Crippen LogP contribution in [0, 0.1) is 21.7 Å². The Bertz CT molecular complexity index is 695. The first-order valence-electron chi connectivity index (χ1n) is 6.04. The van der Waals surface area contributed by atoms with Gasteiger partial charge in [-0.25, -0.2) is 8.78 Å². The predicted molar refractivity (Wildman–Crippen MR) is 76.5 cm³/mol. The first-order chi connectivity index (χ1) is 9.88. The summed E-state index contributed by atoms with van der Waals surface area (Å²) in [7, 11) is 0. The Balaban J connectivity index is 2.29. The molecule has 0 aliphatic rings. The van der Waals surface area contributed by atoms with E-state index in [1.165, 1.54) is 24.3 Å². The van der Waals surface area contributed by atoms with Gasteiger partial charge >= 0.3 is 0 Å². The standard InChI is InChI=1S/C14H11ClF2N2O2/c1-8(9-2-4-12(17)11(15)6-9)18-13-5-3-10(16)7-14(13)19(20)21/h2-8,18H,1H3. The van der Waals surface area contributed by atoms with E-state index < -0.39 is 16.6 Å². The van der Waals surface area contributed by atoms with Crippen LogP contribution in [0.15, 0.2) is 36.4 Å². The molecule has 0 spiro atoms. The van der Waals surface area contributed by atoms with Crippen molar-refractivity contribution >= 4 is 23.0 Å². The fraction of sp³-hybridized carbons (Fsp3) is 0.143. The highest BCUT2D eigenvalue weighted by atomic mass is 35.5. The van der Waals surface area contributed by atoms with Gasteiger partial charge in [0.1, 0.15) is 17.3 Å². The Morgan fingerprint density at radius 3 is 2.57 bits per heavy atom. The molecule has 0 fully saturated rings. The van der Waals surface area contributed by atoms with Gasteiger partial charge < -0.3 is 5.32 Å². The van der Waals surface area contributed by atoms with E-state index in [1.54, 1.807) is 6.92 Å². The Morgan fingerprint density at radius 2 is 1.95 bits per heavy atom. The molecule has 0 aromatic heterocycles. The number of nitro groups is 1. The topological polar surface area (TPSA) is 55.2 Å². The van der Waals surface area contributed by atoms with Crippen LogP contribution in [0.4, 0.5) is 20.2 Å². The molecule has 0 bridgehead atoms. The summed E-state index contributed by atoms with van der Waals surface area (Å²) in [5.41, 5.74) is 0.462. The van der Waals surface area contributed by atoms with Gasteiger partial charge in [0.2, 0.25) is 0 Å². The third kappa shape index (κ3) is 3.46. The number of anilines is 1. The number of rotatable bonds is 4. The second kappa shape index (κ2) is 6.05. The maximum atomic E-state index is 13.1. The molecule has 0 aliphatic heterocycles. The predicted octanol–water partition coefficient (Wildman–Crippen LogP) is 4.70. The van der Waals surface area contributed by atoms with E-state index in [2.05, 4.69) is 5.32 Å². The maximum absolute atomic E-state index is 13.1. The first-order valence-corrected chi connectivity index (χ1v) is 6.41. The lowest BCUT2D eigenvalue weighted by Gasteiger charge is -2.16. The smallest absolute Gasteiger partial charge is 0.295 e. The molecule has 1 atom stereocenters. The van der Waals surface area contributed by atoms with Crippen molar-refractivity contribution in [3.8, 4) is 0 Å². The first kappa shape index (κ1) is 15.2. The highest BCUT2D eigenvalue weighted by Crippen LogP contribution is 2.29. The zero-order valence-electron chi connectivity index (χ0n) is 10.9. The summed E-state index contributed by atoms with van der Waals surface area (Å²) in [5.74, 6) is -1.23. The minimum Gasteiger partial charge on any atom is -0.373 e. The van der Waals surface area contributed by atoms with Gasteiger partial charge in [0.25, 0.3) is 5.69 Å². The monoisotopic (exact) mass is 312 g/mol. The molecule has 0 aliphatic carbocycles. The summed E-state index contributed by atoms with van der Waals surface area (Å²) < 4.78 is 26.2. The highest BCUT2D eigenvalue weighted by Gasteiger charge is 2.17. The van der Waals surface area contributed by atoms with Crippen LogP contribution < -0.4 is 5.32 Å². The van der Waals surface area contributed by atoms with Gasteiger partial charge in [0.05, 0.1) is 16.0 Å². The molecule has 0 saturated carbocycles. The van der Waals surface area contributed by atoms with Crippen molar-refractivity contribution in [1.82, 2.24) is 0 Å². The molecule has 4 nitrogen and oxygen atoms in total. The Morgan fingerprint density at radius 1 is 1.24 bits per heavy atom. The molecule has 0 heterocycles. The number of nitrogens with zero attached hydrogens (tertiary/aromatic N) is 1. The summed E-state index contributed by atoms with van der Waals surface area (Å²) in [5, 5.41) is 13.8. The van der Waals surface area contributed by atoms with Crippen molar-refractivity contribution in [3.05, 3.63) is 68.7 Å². The third-order valence-corrected chi connectivity index (χ3v) is 3.26. The number of hydrogen-bond acceptors (Lipinski definition) is 3. The molecule has 2 aromatic rings. The molecule has 110 valence electrons. The Labute approximate surface area is 124 Å². The molecule has 0 radical (unpaired) electrons. The molecule has 7 heteroatoms. The average Bonchev–Trinajstić information content (AvgIpc) is 2.43. The molecule has 0 saturated heterocycles. The Kier molecular flexibility index (Phi) is 4.37. The zero-order chi connectivity index (χ0) is 15.6. The van der Waals surface area contributed by atoms with Crippen LogP contribution >= 0.6 is 11.6 Å². The quantitative estimate of drug-likeness (QED) is 0.657. The highest BCUT2D eigenvalue weighted by molar-refractivity contribution is 6.30. The van der Waals surface area contributed by atoms with E-state index >= 15 is 0 Å². The Hall–Kier alpha value is -2.21. The molecule has 21 heavy (non-hydrogen) atoms. The second-order valence-corrected chi connectivity index (χ2v) is 4.87. The summed E-state index contributed by atoms with van der Waals surface area (Å²) in [6.45, 7) is 1.73. The van der Waals surface area contributed by atoms with Crippen LogP contribution in [0.5, 0.6) is 0 Å². The summed E-state index contributed by atoms with van der Waals surface area (Å²) >= 11 is 5.70. The SMILES string of the molecule is CC(Nc1ccc(F)cc1[N+](=O)[O-])c1ccc(F)c(Cl)c1. The van der Waals surface area contributed by atoms with Crippen LogP contribution in [0.2, 0.25) is 5.02 Å². The zero-order valence-corrected chi connectivity index (χ0v) is 11.7. The van der Waals surface area contributed by atoms with E-state index in [9.17, 15) is 18.9 Å². The summed E-state index contributed by atoms with van der Waals surface area (Å²) in [4.78, 5) is 10.2. The van der Waals surface area contributed by atoms with Gasteiger partial charge in [-0.3, -0.25) is 10.1 Å². The van der Waals surface area contributed by atoms with Gasteiger partial charge in [-0.1, -0.05) is 17.7 Å². The van der Waals surface area contributed by atoms with Gasteiger partial charge in [-0.15, -0.1) is 0 Å². The molecular weight excluding hydrogens is 302 g/mol. The largest absolute Gasteiger partial charge is 0.373 e. The van der Waals surface area contributed by atoms with Crippen molar-refractivity contribution in [2.45, 2.75) is 13.0 Å². The van der Waals surface area contributed by atoms with Crippen LogP contribution in [0.25, 0.3) is 0 Å². The minimum absolute atomic E-state index is 0.0326. The molecule has 0 amide bonds. The van der Waals surface area contributed by atoms with Crippen LogP contribution in [-0.4, -0.2) is 4.92 Å². The molecule has 2 aromatic carbocycles. The third-order valence-electron chi connectivity index (χ3n) is 2.97. The van der Waals surface area contributed by atoms with Crippen LogP contribution in [0.1, 0.15) is 18.5 Å². The van der Waals surface area contributed by atoms with Crippen molar-refractivity contribution in [2.24, 2.45) is 0 Å². The second-order valence-electron chi connectivity index (χ2n) is 4.46. The van der Waals surface area contributed by atoms with E-state index in [0.717, 1.165) is 12.1 Å². The van der Waals surface area contributed by atoms with Gasteiger partial charge in [0, 0.05) is 6.04 Å². The maximum Gasteiger partial charge on any atom is 0.295 e. The average molecular weight is 313 g/mol. The fourth-order valence-electron chi connectivity index (χ4n) is 1.88. The van der Waals surface area contributed by atoms with Crippen LogP contribution in [0.3, 0.4) is 0 Å². The van der Waals surface area contributed by atoms with E-state index in [-0.39, 0.29) is 22.4 Å². The molecule has 1 N–H and O–H groups in total.